The number of hydrogen-bond donors (Lipinski definition) is 2. The summed E-state index contributed by atoms with van der Waals surface area (Å²) in [5.41, 5.74) is 6.36. The molecule has 0 radical (unpaired) electrons. The minimum absolute atomic E-state index is 0.360. The number of aromatic nitrogens is 2. The second-order valence-electron chi connectivity index (χ2n) is 5.00. The van der Waals surface area contributed by atoms with Crippen LogP contribution in [0.3, 0.4) is 0 Å². The van der Waals surface area contributed by atoms with E-state index in [0.717, 1.165) is 25.9 Å². The fraction of sp³-hybridized carbons (Fsp3) is 0.692. The lowest BCUT2D eigenvalue weighted by Gasteiger charge is -2.03. The first-order chi connectivity index (χ1) is 9.17. The second kappa shape index (κ2) is 5.95. The fourth-order valence-electron chi connectivity index (χ4n) is 1.94. The molecule has 1 fully saturated rings. The third-order valence-corrected chi connectivity index (χ3v) is 3.36. The van der Waals surface area contributed by atoms with Gasteiger partial charge >= 0.3 is 5.97 Å². The topological polar surface area (TPSA) is 82.2 Å². The van der Waals surface area contributed by atoms with E-state index in [9.17, 15) is 4.79 Å². The number of methoxy groups -OCH3 is 1. The Balaban J connectivity index is 2.18. The van der Waals surface area contributed by atoms with E-state index in [-0.39, 0.29) is 0 Å². The summed E-state index contributed by atoms with van der Waals surface area (Å²) in [5, 5.41) is 7.61. The minimum atomic E-state index is -0.432. The largest absolute Gasteiger partial charge is 0.465 e. The van der Waals surface area contributed by atoms with Gasteiger partial charge in [0, 0.05) is 13.1 Å². The van der Waals surface area contributed by atoms with E-state index in [4.69, 9.17) is 10.5 Å². The Morgan fingerprint density at radius 3 is 2.89 bits per heavy atom. The first-order valence-electron chi connectivity index (χ1n) is 6.85. The van der Waals surface area contributed by atoms with Crippen molar-refractivity contribution in [3.05, 3.63) is 5.56 Å². The molecular weight excluding hydrogens is 244 g/mol. The standard InChI is InChI=1S/C13H22N4O2/c1-3-4-7-17-11(14)10(13(18)19-2)12(16-17)15-8-9-5-6-9/h9H,3-8,14H2,1-2H3,(H,15,16). The van der Waals surface area contributed by atoms with Crippen LogP contribution in [0.15, 0.2) is 0 Å². The minimum Gasteiger partial charge on any atom is -0.465 e. The van der Waals surface area contributed by atoms with Crippen LogP contribution in [-0.4, -0.2) is 29.4 Å². The first kappa shape index (κ1) is 13.7. The molecule has 1 aliphatic rings. The van der Waals surface area contributed by atoms with Gasteiger partial charge in [-0.2, -0.15) is 5.10 Å². The van der Waals surface area contributed by atoms with Gasteiger partial charge in [-0.3, -0.25) is 0 Å². The van der Waals surface area contributed by atoms with Crippen molar-refractivity contribution in [1.29, 1.82) is 0 Å². The Bertz CT molecular complexity index is 452. The van der Waals surface area contributed by atoms with Crippen LogP contribution < -0.4 is 11.1 Å². The van der Waals surface area contributed by atoms with Gasteiger partial charge in [0.05, 0.1) is 7.11 Å². The van der Waals surface area contributed by atoms with E-state index in [1.54, 1.807) is 4.68 Å². The van der Waals surface area contributed by atoms with Crippen LogP contribution in [0.25, 0.3) is 0 Å². The molecule has 2 rings (SSSR count). The van der Waals surface area contributed by atoms with Crippen LogP contribution >= 0.6 is 0 Å². The highest BCUT2D eigenvalue weighted by Crippen LogP contribution is 2.30. The van der Waals surface area contributed by atoms with Gasteiger partial charge in [0.2, 0.25) is 0 Å². The normalized spacial score (nSPS) is 14.4. The average molecular weight is 266 g/mol. The van der Waals surface area contributed by atoms with Gasteiger partial charge in [-0.25, -0.2) is 9.48 Å². The molecule has 3 N–H and O–H groups in total. The number of ether oxygens (including phenoxy) is 1. The summed E-state index contributed by atoms with van der Waals surface area (Å²) >= 11 is 0. The SMILES string of the molecule is CCCCn1nc(NCC2CC2)c(C(=O)OC)c1N. The highest BCUT2D eigenvalue weighted by atomic mass is 16.5. The van der Waals surface area contributed by atoms with Crippen LogP contribution in [0, 0.1) is 5.92 Å². The summed E-state index contributed by atoms with van der Waals surface area (Å²) in [7, 11) is 1.36. The van der Waals surface area contributed by atoms with Crippen molar-refractivity contribution in [2.75, 3.05) is 24.7 Å². The lowest BCUT2D eigenvalue weighted by atomic mass is 10.3. The molecule has 1 aromatic rings. The van der Waals surface area contributed by atoms with Crippen molar-refractivity contribution >= 4 is 17.6 Å². The van der Waals surface area contributed by atoms with Gasteiger partial charge < -0.3 is 15.8 Å². The molecule has 106 valence electrons. The molecule has 6 heteroatoms. The zero-order valence-electron chi connectivity index (χ0n) is 11.6. The molecule has 0 spiro atoms. The van der Waals surface area contributed by atoms with E-state index in [1.165, 1.54) is 20.0 Å². The van der Waals surface area contributed by atoms with E-state index < -0.39 is 5.97 Å². The number of rotatable bonds is 7. The van der Waals surface area contributed by atoms with Crippen LogP contribution in [0.1, 0.15) is 43.0 Å². The third-order valence-electron chi connectivity index (χ3n) is 3.36. The molecule has 1 saturated carbocycles. The smallest absolute Gasteiger partial charge is 0.345 e. The Hall–Kier alpha value is -1.72. The molecule has 6 nitrogen and oxygen atoms in total. The molecule has 1 aromatic heterocycles. The van der Waals surface area contributed by atoms with Crippen LogP contribution in [0.2, 0.25) is 0 Å². The number of nitrogens with zero attached hydrogens (tertiary/aromatic N) is 2. The predicted octanol–water partition coefficient (Wildman–Crippen LogP) is 1.87. The number of carbonyl (C=O) groups is 1. The summed E-state index contributed by atoms with van der Waals surface area (Å²) < 4.78 is 6.47. The molecule has 0 aromatic carbocycles. The number of esters is 1. The Morgan fingerprint density at radius 1 is 1.58 bits per heavy atom. The molecule has 1 heterocycles. The molecular formula is C13H22N4O2. The van der Waals surface area contributed by atoms with Crippen molar-refractivity contribution < 1.29 is 9.53 Å². The number of anilines is 2. The monoisotopic (exact) mass is 266 g/mol. The zero-order chi connectivity index (χ0) is 13.8. The molecule has 0 aliphatic heterocycles. The molecule has 0 atom stereocenters. The van der Waals surface area contributed by atoms with Gasteiger partial charge in [0.15, 0.2) is 5.82 Å². The van der Waals surface area contributed by atoms with Gasteiger partial charge in [-0.05, 0) is 25.2 Å². The van der Waals surface area contributed by atoms with E-state index in [0.29, 0.717) is 23.1 Å². The number of aryl methyl sites for hydroxylation is 1. The maximum absolute atomic E-state index is 11.8. The highest BCUT2D eigenvalue weighted by Gasteiger charge is 2.26. The number of carbonyl (C=O) groups excluding carboxylic acids is 1. The van der Waals surface area contributed by atoms with Crippen LogP contribution in [-0.2, 0) is 11.3 Å². The molecule has 0 unspecified atom stereocenters. The van der Waals surface area contributed by atoms with Gasteiger partial charge in [0.25, 0.3) is 0 Å². The van der Waals surface area contributed by atoms with Gasteiger partial charge in [0.1, 0.15) is 11.4 Å². The van der Waals surface area contributed by atoms with E-state index in [1.807, 2.05) is 0 Å². The summed E-state index contributed by atoms with van der Waals surface area (Å²) in [5.74, 6) is 1.21. The number of nitrogens with two attached hydrogens (primary N) is 1. The maximum Gasteiger partial charge on any atom is 0.345 e. The third kappa shape index (κ3) is 3.19. The maximum atomic E-state index is 11.8. The first-order valence-corrected chi connectivity index (χ1v) is 6.85. The lowest BCUT2D eigenvalue weighted by molar-refractivity contribution is 0.0603. The van der Waals surface area contributed by atoms with Crippen molar-refractivity contribution in [2.24, 2.45) is 5.92 Å². The summed E-state index contributed by atoms with van der Waals surface area (Å²) in [6.45, 7) is 3.67. The molecule has 19 heavy (non-hydrogen) atoms. The second-order valence-corrected chi connectivity index (χ2v) is 5.00. The van der Waals surface area contributed by atoms with Gasteiger partial charge in [-0.1, -0.05) is 13.3 Å². The Labute approximate surface area is 113 Å². The molecule has 1 aliphatic carbocycles. The van der Waals surface area contributed by atoms with Crippen molar-refractivity contribution in [3.63, 3.8) is 0 Å². The van der Waals surface area contributed by atoms with Crippen molar-refractivity contribution in [2.45, 2.75) is 39.2 Å². The van der Waals surface area contributed by atoms with Gasteiger partial charge in [-0.15, -0.1) is 0 Å². The number of nitrogen functional groups attached to an aromatic ring is 1. The summed E-state index contributed by atoms with van der Waals surface area (Å²) in [6, 6.07) is 0. The Kier molecular flexibility index (Phi) is 4.29. The zero-order valence-corrected chi connectivity index (χ0v) is 11.6. The molecule has 0 bridgehead atoms. The number of unbranched alkanes of at least 4 members (excludes halogenated alkanes) is 1. The fourth-order valence-corrected chi connectivity index (χ4v) is 1.94. The molecule has 0 amide bonds. The summed E-state index contributed by atoms with van der Waals surface area (Å²) in [6.07, 6.45) is 4.52. The lowest BCUT2D eigenvalue weighted by Crippen LogP contribution is -2.10. The predicted molar refractivity (Wildman–Crippen MR) is 74.1 cm³/mol. The van der Waals surface area contributed by atoms with Crippen LogP contribution in [0.4, 0.5) is 11.6 Å². The average Bonchev–Trinajstić information content (AvgIpc) is 3.18. The van der Waals surface area contributed by atoms with Crippen molar-refractivity contribution in [1.82, 2.24) is 9.78 Å². The van der Waals surface area contributed by atoms with E-state index >= 15 is 0 Å². The quantitative estimate of drug-likeness (QED) is 0.736. The van der Waals surface area contributed by atoms with Crippen LogP contribution in [0.5, 0.6) is 0 Å². The molecule has 0 saturated heterocycles. The summed E-state index contributed by atoms with van der Waals surface area (Å²) in [4.78, 5) is 11.8. The Morgan fingerprint density at radius 2 is 2.32 bits per heavy atom. The number of nitrogens with one attached hydrogen (secondary N) is 1. The highest BCUT2D eigenvalue weighted by molar-refractivity contribution is 5.99. The number of hydrogen-bond acceptors (Lipinski definition) is 5. The van der Waals surface area contributed by atoms with E-state index in [2.05, 4.69) is 17.3 Å². The van der Waals surface area contributed by atoms with Crippen molar-refractivity contribution in [3.8, 4) is 0 Å².